The van der Waals surface area contributed by atoms with Crippen molar-refractivity contribution in [2.75, 3.05) is 6.61 Å². The number of carbonyl (C=O) groups excluding carboxylic acids is 5. The minimum atomic E-state index is -2.11. The first-order valence-corrected chi connectivity index (χ1v) is 14.6. The average Bonchev–Trinajstić information content (AvgIpc) is 3.12. The molecule has 3 aliphatic rings. The number of ether oxygens (including phenoxy) is 6. The third-order valence-corrected chi connectivity index (χ3v) is 9.10. The number of hydrogen-bond donors (Lipinski definition) is 2. The van der Waals surface area contributed by atoms with Crippen molar-refractivity contribution in [1.82, 2.24) is 0 Å². The lowest BCUT2D eigenvalue weighted by Gasteiger charge is -2.64. The van der Waals surface area contributed by atoms with E-state index < -0.39 is 102 Å². The molecule has 45 heavy (non-hydrogen) atoms. The number of carbonyl (C=O) groups is 5. The Hall–Kier alpha value is -3.81. The number of rotatable bonds is 8. The molecule has 1 aliphatic heterocycles. The maximum atomic E-state index is 13.5. The SMILES string of the molecule is CC(=O)OC[C@]12[C@H](OC(C)=O)[C@@H](OC(C)=O)[C@@H]3[C@@H](O)[C@]1(OC3(C)C)[C@H](C)[C@@H](O)[C@H](OC(C)=O)[C@@H]2OC(=O)/C=C/c1ccccc1. The Morgan fingerprint density at radius 3 is 1.93 bits per heavy atom. The van der Waals surface area contributed by atoms with Crippen LogP contribution in [0.3, 0.4) is 0 Å². The van der Waals surface area contributed by atoms with Crippen molar-refractivity contribution in [3.05, 3.63) is 42.0 Å². The Labute approximate surface area is 260 Å². The van der Waals surface area contributed by atoms with Gasteiger partial charge in [-0.2, -0.15) is 0 Å². The van der Waals surface area contributed by atoms with Gasteiger partial charge in [0.05, 0.1) is 17.6 Å². The van der Waals surface area contributed by atoms with Crippen molar-refractivity contribution in [3.63, 3.8) is 0 Å². The number of benzene rings is 1. The molecule has 1 spiro atoms. The standard InChI is InChI=1S/C32H40O13/c1-16-24(38)26(42-19(4)35)29(44-22(37)14-13-21-11-9-8-10-12-21)31(15-40-17(2)33)28(43-20(5)36)25(41-18(3)34)23-27(39)32(16,31)45-30(23,6)7/h8-14,16,23-29,38-39H,15H2,1-7H3/b14-13+/t16-,23-,24-,25+,26+,27-,28-,29+,31-,32-/m1/s1. The van der Waals surface area contributed by atoms with Gasteiger partial charge in [-0.05, 0) is 25.5 Å². The molecule has 1 aromatic carbocycles. The molecule has 1 saturated heterocycles. The largest absolute Gasteiger partial charge is 0.465 e. The molecule has 1 heterocycles. The van der Waals surface area contributed by atoms with E-state index in [1.807, 2.05) is 0 Å². The Balaban J connectivity index is 2.03. The highest BCUT2D eigenvalue weighted by atomic mass is 16.6. The van der Waals surface area contributed by atoms with Crippen LogP contribution in [0.1, 0.15) is 54.0 Å². The molecule has 13 heteroatoms. The number of aliphatic hydroxyl groups is 2. The first-order chi connectivity index (χ1) is 21.0. The highest BCUT2D eigenvalue weighted by Crippen LogP contribution is 2.67. The molecule has 0 aromatic heterocycles. The summed E-state index contributed by atoms with van der Waals surface area (Å²) in [4.78, 5) is 63.6. The van der Waals surface area contributed by atoms with E-state index in [1.165, 1.54) is 13.0 Å². The Kier molecular flexibility index (Phi) is 9.49. The maximum absolute atomic E-state index is 13.5. The predicted octanol–water partition coefficient (Wildman–Crippen LogP) is 1.51. The lowest BCUT2D eigenvalue weighted by atomic mass is 9.46. The lowest BCUT2D eigenvalue weighted by Crippen LogP contribution is -2.83. The molecule has 0 radical (unpaired) electrons. The molecule has 0 amide bonds. The van der Waals surface area contributed by atoms with Gasteiger partial charge in [0, 0.05) is 39.7 Å². The summed E-state index contributed by atoms with van der Waals surface area (Å²) < 4.78 is 35.4. The van der Waals surface area contributed by atoms with Gasteiger partial charge in [0.1, 0.15) is 29.8 Å². The summed E-state index contributed by atoms with van der Waals surface area (Å²) in [6.07, 6.45) is -7.06. The first kappa shape index (κ1) is 34.1. The van der Waals surface area contributed by atoms with Gasteiger partial charge in [0.15, 0.2) is 18.3 Å². The average molecular weight is 633 g/mol. The third-order valence-electron chi connectivity index (χ3n) is 9.10. The van der Waals surface area contributed by atoms with Crippen molar-refractivity contribution in [2.45, 2.75) is 96.3 Å². The van der Waals surface area contributed by atoms with Crippen molar-refractivity contribution < 1.29 is 62.6 Å². The Morgan fingerprint density at radius 2 is 1.38 bits per heavy atom. The summed E-state index contributed by atoms with van der Waals surface area (Å²) in [5.41, 5.74) is -4.74. The van der Waals surface area contributed by atoms with E-state index in [4.69, 9.17) is 28.4 Å². The zero-order chi connectivity index (χ0) is 33.5. The molecule has 246 valence electrons. The molecule has 2 aliphatic carbocycles. The smallest absolute Gasteiger partial charge is 0.331 e. The Morgan fingerprint density at radius 1 is 0.822 bits per heavy atom. The van der Waals surface area contributed by atoms with Gasteiger partial charge in [0.25, 0.3) is 0 Å². The van der Waals surface area contributed by atoms with Crippen LogP contribution in [0.5, 0.6) is 0 Å². The molecule has 3 fully saturated rings. The van der Waals surface area contributed by atoms with Crippen molar-refractivity contribution >= 4 is 35.9 Å². The summed E-state index contributed by atoms with van der Waals surface area (Å²) in [5, 5.41) is 23.9. The van der Waals surface area contributed by atoms with Crippen LogP contribution < -0.4 is 0 Å². The van der Waals surface area contributed by atoms with E-state index in [-0.39, 0.29) is 0 Å². The number of fused-ring (bicyclic) bond motifs is 1. The Bertz CT molecular complexity index is 1360. The summed E-state index contributed by atoms with van der Waals surface area (Å²) in [6, 6.07) is 8.79. The molecule has 2 bridgehead atoms. The second kappa shape index (κ2) is 12.5. The minimum Gasteiger partial charge on any atom is -0.465 e. The number of esters is 5. The molecular formula is C32H40O13. The normalized spacial score (nSPS) is 36.4. The van der Waals surface area contributed by atoms with Crippen LogP contribution in [0.2, 0.25) is 0 Å². The van der Waals surface area contributed by atoms with E-state index >= 15 is 0 Å². The van der Waals surface area contributed by atoms with E-state index in [0.29, 0.717) is 5.56 Å². The van der Waals surface area contributed by atoms with Crippen LogP contribution in [0, 0.1) is 17.3 Å². The third kappa shape index (κ3) is 5.84. The van der Waals surface area contributed by atoms with E-state index in [1.54, 1.807) is 44.2 Å². The second-order valence-corrected chi connectivity index (χ2v) is 12.3. The van der Waals surface area contributed by atoms with Gasteiger partial charge in [-0.1, -0.05) is 37.3 Å². The van der Waals surface area contributed by atoms with Crippen LogP contribution in [-0.2, 0) is 52.4 Å². The molecule has 10 atom stereocenters. The van der Waals surface area contributed by atoms with Crippen molar-refractivity contribution in [2.24, 2.45) is 17.3 Å². The fourth-order valence-corrected chi connectivity index (χ4v) is 7.60. The van der Waals surface area contributed by atoms with Gasteiger partial charge in [-0.15, -0.1) is 0 Å². The topological polar surface area (TPSA) is 181 Å². The first-order valence-electron chi connectivity index (χ1n) is 14.6. The van der Waals surface area contributed by atoms with E-state index in [9.17, 15) is 34.2 Å². The van der Waals surface area contributed by atoms with E-state index in [2.05, 4.69) is 0 Å². The number of hydrogen-bond acceptors (Lipinski definition) is 13. The monoisotopic (exact) mass is 632 g/mol. The van der Waals surface area contributed by atoms with E-state index in [0.717, 1.165) is 33.8 Å². The predicted molar refractivity (Wildman–Crippen MR) is 154 cm³/mol. The fraction of sp³-hybridized carbons (Fsp3) is 0.594. The molecular weight excluding hydrogens is 592 g/mol. The zero-order valence-corrected chi connectivity index (χ0v) is 26.3. The zero-order valence-electron chi connectivity index (χ0n) is 26.3. The van der Waals surface area contributed by atoms with Crippen LogP contribution in [0.25, 0.3) is 6.08 Å². The minimum absolute atomic E-state index is 0.652. The van der Waals surface area contributed by atoms with Crippen LogP contribution in [0.4, 0.5) is 0 Å². The van der Waals surface area contributed by atoms with Crippen LogP contribution in [-0.4, -0.2) is 94.5 Å². The lowest BCUT2D eigenvalue weighted by molar-refractivity contribution is -0.347. The highest BCUT2D eigenvalue weighted by Gasteiger charge is 2.86. The van der Waals surface area contributed by atoms with Crippen molar-refractivity contribution in [3.8, 4) is 0 Å². The molecule has 4 rings (SSSR count). The van der Waals surface area contributed by atoms with Gasteiger partial charge in [-0.3, -0.25) is 19.2 Å². The molecule has 0 unspecified atom stereocenters. The summed E-state index contributed by atoms with van der Waals surface area (Å²) in [5.74, 6) is -6.42. The fourth-order valence-electron chi connectivity index (χ4n) is 7.60. The molecule has 2 N–H and O–H groups in total. The van der Waals surface area contributed by atoms with Gasteiger partial charge in [-0.25, -0.2) is 4.79 Å². The summed E-state index contributed by atoms with van der Waals surface area (Å²) in [6.45, 7) is 8.47. The molecule has 1 aromatic rings. The van der Waals surface area contributed by atoms with Gasteiger partial charge >= 0.3 is 29.8 Å². The van der Waals surface area contributed by atoms with Crippen LogP contribution in [0.15, 0.2) is 36.4 Å². The maximum Gasteiger partial charge on any atom is 0.331 e. The second-order valence-electron chi connectivity index (χ2n) is 12.3. The molecule has 13 nitrogen and oxygen atoms in total. The van der Waals surface area contributed by atoms with Gasteiger partial charge < -0.3 is 38.6 Å². The highest BCUT2D eigenvalue weighted by molar-refractivity contribution is 5.87. The van der Waals surface area contributed by atoms with Crippen molar-refractivity contribution in [1.29, 1.82) is 0 Å². The number of aliphatic hydroxyl groups excluding tert-OH is 2. The quantitative estimate of drug-likeness (QED) is 0.239. The summed E-state index contributed by atoms with van der Waals surface area (Å²) in [7, 11) is 0. The van der Waals surface area contributed by atoms with Gasteiger partial charge in [0.2, 0.25) is 0 Å². The van der Waals surface area contributed by atoms with Crippen LogP contribution >= 0.6 is 0 Å². The summed E-state index contributed by atoms with van der Waals surface area (Å²) >= 11 is 0. The molecule has 2 saturated carbocycles.